The molecule has 1 aromatic carbocycles. The Bertz CT molecular complexity index is 347. The molecule has 0 bridgehead atoms. The third-order valence-electron chi connectivity index (χ3n) is 2.31. The lowest BCUT2D eigenvalue weighted by molar-refractivity contribution is 0.0989. The molecule has 0 atom stereocenters. The number of ether oxygens (including phenoxy) is 1. The molecule has 0 saturated carbocycles. The van der Waals surface area contributed by atoms with Gasteiger partial charge < -0.3 is 4.74 Å². The van der Waals surface area contributed by atoms with Crippen molar-refractivity contribution >= 4 is 21.7 Å². The summed E-state index contributed by atoms with van der Waals surface area (Å²) in [4.78, 5) is 11.6. The van der Waals surface area contributed by atoms with E-state index >= 15 is 0 Å². The van der Waals surface area contributed by atoms with Crippen LogP contribution in [0.25, 0.3) is 0 Å². The molecule has 0 aliphatic heterocycles. The monoisotopic (exact) mass is 270 g/mol. The van der Waals surface area contributed by atoms with Crippen LogP contribution in [-0.4, -0.2) is 18.2 Å². The standard InChI is InChI=1S/C12H15BrO2/c1-3-9-4-5-10(8-12(9)15-2)11(14)6-7-13/h4-5,8H,3,6-7H2,1-2H3. The van der Waals surface area contributed by atoms with Crippen molar-refractivity contribution in [1.82, 2.24) is 0 Å². The van der Waals surface area contributed by atoms with Crippen LogP contribution in [0.15, 0.2) is 18.2 Å². The number of ketones is 1. The third-order valence-corrected chi connectivity index (χ3v) is 2.71. The molecular formula is C12H15BrO2. The van der Waals surface area contributed by atoms with Crippen LogP contribution in [0.4, 0.5) is 0 Å². The van der Waals surface area contributed by atoms with Gasteiger partial charge in [-0.05, 0) is 18.1 Å². The highest BCUT2D eigenvalue weighted by Crippen LogP contribution is 2.21. The lowest BCUT2D eigenvalue weighted by Crippen LogP contribution is -2.01. The number of benzene rings is 1. The van der Waals surface area contributed by atoms with Gasteiger partial charge in [-0.2, -0.15) is 0 Å². The zero-order valence-electron chi connectivity index (χ0n) is 9.05. The number of rotatable bonds is 5. The SMILES string of the molecule is CCc1ccc(C(=O)CCBr)cc1OC. The Morgan fingerprint density at radius 3 is 2.73 bits per heavy atom. The first-order chi connectivity index (χ1) is 7.22. The van der Waals surface area contributed by atoms with Crippen molar-refractivity contribution in [2.45, 2.75) is 19.8 Å². The van der Waals surface area contributed by atoms with Crippen molar-refractivity contribution in [2.24, 2.45) is 0 Å². The number of hydrogen-bond donors (Lipinski definition) is 0. The highest BCUT2D eigenvalue weighted by atomic mass is 79.9. The van der Waals surface area contributed by atoms with Gasteiger partial charge in [-0.15, -0.1) is 0 Å². The molecule has 82 valence electrons. The summed E-state index contributed by atoms with van der Waals surface area (Å²) >= 11 is 3.26. The van der Waals surface area contributed by atoms with E-state index in [1.54, 1.807) is 7.11 Å². The summed E-state index contributed by atoms with van der Waals surface area (Å²) in [5.74, 6) is 0.950. The molecular weight excluding hydrogens is 256 g/mol. The van der Waals surface area contributed by atoms with Crippen LogP contribution < -0.4 is 4.74 Å². The molecule has 2 nitrogen and oxygen atoms in total. The fourth-order valence-electron chi connectivity index (χ4n) is 1.44. The number of hydrogen-bond acceptors (Lipinski definition) is 2. The second-order valence-electron chi connectivity index (χ2n) is 3.24. The van der Waals surface area contributed by atoms with Crippen molar-refractivity contribution in [2.75, 3.05) is 12.4 Å². The Morgan fingerprint density at radius 2 is 2.20 bits per heavy atom. The van der Waals surface area contributed by atoms with E-state index in [9.17, 15) is 4.79 Å². The van der Waals surface area contributed by atoms with Crippen molar-refractivity contribution in [3.05, 3.63) is 29.3 Å². The largest absolute Gasteiger partial charge is 0.496 e. The predicted molar refractivity (Wildman–Crippen MR) is 65.1 cm³/mol. The van der Waals surface area contributed by atoms with E-state index in [1.807, 2.05) is 18.2 Å². The van der Waals surface area contributed by atoms with Crippen LogP contribution in [0.1, 0.15) is 29.3 Å². The summed E-state index contributed by atoms with van der Waals surface area (Å²) in [6.45, 7) is 2.07. The maximum absolute atomic E-state index is 11.6. The van der Waals surface area contributed by atoms with Gasteiger partial charge in [-0.25, -0.2) is 0 Å². The zero-order valence-corrected chi connectivity index (χ0v) is 10.6. The van der Waals surface area contributed by atoms with Gasteiger partial charge in [0.05, 0.1) is 7.11 Å². The second-order valence-corrected chi connectivity index (χ2v) is 4.04. The Balaban J connectivity index is 2.97. The lowest BCUT2D eigenvalue weighted by atomic mass is 10.0. The van der Waals surface area contributed by atoms with E-state index in [4.69, 9.17) is 4.74 Å². The molecule has 1 aromatic rings. The van der Waals surface area contributed by atoms with E-state index in [-0.39, 0.29) is 5.78 Å². The maximum Gasteiger partial charge on any atom is 0.163 e. The highest BCUT2D eigenvalue weighted by molar-refractivity contribution is 9.09. The van der Waals surface area contributed by atoms with Crippen LogP contribution in [0.5, 0.6) is 5.75 Å². The average Bonchev–Trinajstić information content (AvgIpc) is 2.28. The molecule has 0 aromatic heterocycles. The molecule has 15 heavy (non-hydrogen) atoms. The number of methoxy groups -OCH3 is 1. The van der Waals surface area contributed by atoms with E-state index in [0.717, 1.165) is 23.3 Å². The molecule has 0 spiro atoms. The van der Waals surface area contributed by atoms with Crippen molar-refractivity contribution in [3.63, 3.8) is 0 Å². The summed E-state index contributed by atoms with van der Waals surface area (Å²) in [5.41, 5.74) is 1.86. The molecule has 0 aliphatic rings. The normalized spacial score (nSPS) is 10.1. The number of carbonyl (C=O) groups excluding carboxylic acids is 1. The zero-order chi connectivity index (χ0) is 11.3. The van der Waals surface area contributed by atoms with Gasteiger partial charge in [0.1, 0.15) is 5.75 Å². The molecule has 0 radical (unpaired) electrons. The number of carbonyl (C=O) groups is 1. The first kappa shape index (κ1) is 12.2. The van der Waals surface area contributed by atoms with Gasteiger partial charge in [0, 0.05) is 17.3 Å². The number of alkyl halides is 1. The third kappa shape index (κ3) is 3.06. The average molecular weight is 271 g/mol. The van der Waals surface area contributed by atoms with Gasteiger partial charge in [0.15, 0.2) is 5.78 Å². The first-order valence-electron chi connectivity index (χ1n) is 4.99. The van der Waals surface area contributed by atoms with Gasteiger partial charge in [-0.1, -0.05) is 35.0 Å². The fourth-order valence-corrected chi connectivity index (χ4v) is 1.80. The van der Waals surface area contributed by atoms with E-state index in [1.165, 1.54) is 0 Å². The summed E-state index contributed by atoms with van der Waals surface area (Å²) in [7, 11) is 1.63. The van der Waals surface area contributed by atoms with E-state index < -0.39 is 0 Å². The van der Waals surface area contributed by atoms with Crippen molar-refractivity contribution < 1.29 is 9.53 Å². The van der Waals surface area contributed by atoms with Gasteiger partial charge >= 0.3 is 0 Å². The fraction of sp³-hybridized carbons (Fsp3) is 0.417. The van der Waals surface area contributed by atoms with Crippen LogP contribution in [-0.2, 0) is 6.42 Å². The van der Waals surface area contributed by atoms with Gasteiger partial charge in [0.25, 0.3) is 0 Å². The van der Waals surface area contributed by atoms with E-state index in [2.05, 4.69) is 22.9 Å². The van der Waals surface area contributed by atoms with Crippen LogP contribution in [0.3, 0.4) is 0 Å². The number of aryl methyl sites for hydroxylation is 1. The molecule has 1 rings (SSSR count). The molecule has 3 heteroatoms. The Morgan fingerprint density at radius 1 is 1.47 bits per heavy atom. The number of halogens is 1. The minimum atomic E-state index is 0.146. The van der Waals surface area contributed by atoms with Crippen molar-refractivity contribution in [1.29, 1.82) is 0 Å². The lowest BCUT2D eigenvalue weighted by Gasteiger charge is -2.08. The van der Waals surface area contributed by atoms with Crippen LogP contribution in [0, 0.1) is 0 Å². The van der Waals surface area contributed by atoms with Gasteiger partial charge in [0.2, 0.25) is 0 Å². The van der Waals surface area contributed by atoms with E-state index in [0.29, 0.717) is 11.8 Å². The highest BCUT2D eigenvalue weighted by Gasteiger charge is 2.08. The Hall–Kier alpha value is -0.830. The first-order valence-corrected chi connectivity index (χ1v) is 6.11. The second kappa shape index (κ2) is 5.91. The minimum absolute atomic E-state index is 0.146. The number of Topliss-reactive ketones (excluding diaryl/α,β-unsaturated/α-hetero) is 1. The smallest absolute Gasteiger partial charge is 0.163 e. The summed E-state index contributed by atoms with van der Waals surface area (Å²) in [6, 6.07) is 5.65. The van der Waals surface area contributed by atoms with Crippen molar-refractivity contribution in [3.8, 4) is 5.75 Å². The van der Waals surface area contributed by atoms with Crippen LogP contribution >= 0.6 is 15.9 Å². The molecule has 0 heterocycles. The maximum atomic E-state index is 11.6. The summed E-state index contributed by atoms with van der Waals surface area (Å²) in [6.07, 6.45) is 1.44. The molecule has 0 saturated heterocycles. The molecule has 0 aliphatic carbocycles. The Kier molecular flexibility index (Phi) is 4.82. The predicted octanol–water partition coefficient (Wildman–Crippen LogP) is 3.23. The molecule has 0 unspecified atom stereocenters. The topological polar surface area (TPSA) is 26.3 Å². The summed E-state index contributed by atoms with van der Waals surface area (Å²) < 4.78 is 5.24. The Labute approximate surface area is 98.8 Å². The molecule has 0 N–H and O–H groups in total. The molecule has 0 amide bonds. The molecule has 0 fully saturated rings. The quantitative estimate of drug-likeness (QED) is 0.607. The van der Waals surface area contributed by atoms with Crippen LogP contribution in [0.2, 0.25) is 0 Å². The minimum Gasteiger partial charge on any atom is -0.496 e. The van der Waals surface area contributed by atoms with Gasteiger partial charge in [-0.3, -0.25) is 4.79 Å². The summed E-state index contributed by atoms with van der Waals surface area (Å²) in [5, 5.41) is 0.698.